The third-order valence-corrected chi connectivity index (χ3v) is 1.84. The molecule has 1 saturated heterocycles. The van der Waals surface area contributed by atoms with Crippen LogP contribution in [-0.4, -0.2) is 23.7 Å². The van der Waals surface area contributed by atoms with E-state index >= 15 is 0 Å². The summed E-state index contributed by atoms with van der Waals surface area (Å²) in [6.45, 7) is 0.788. The van der Waals surface area contributed by atoms with Crippen molar-refractivity contribution >= 4 is 18.5 Å². The van der Waals surface area contributed by atoms with Gasteiger partial charge in [0.15, 0.2) is 0 Å². The smallest absolute Gasteiger partial charge is 0.234 e. The molecule has 1 amide bonds. The molecule has 0 saturated carbocycles. The standard InChI is InChI=1S/C5H10N2OS/c6-5(8)4-1-3(9)2-7-4/h3-4,7,9H,1-2H2,(H2,6,8). The van der Waals surface area contributed by atoms with Gasteiger partial charge in [-0.3, -0.25) is 4.79 Å². The average molecular weight is 146 g/mol. The van der Waals surface area contributed by atoms with Gasteiger partial charge < -0.3 is 11.1 Å². The Morgan fingerprint density at radius 2 is 2.44 bits per heavy atom. The minimum absolute atomic E-state index is 0.146. The van der Waals surface area contributed by atoms with Crippen LogP contribution >= 0.6 is 12.6 Å². The van der Waals surface area contributed by atoms with Crippen molar-refractivity contribution in [2.24, 2.45) is 5.73 Å². The molecule has 2 unspecified atom stereocenters. The highest BCUT2D eigenvalue weighted by Crippen LogP contribution is 2.10. The van der Waals surface area contributed by atoms with Gasteiger partial charge >= 0.3 is 0 Å². The number of hydrogen-bond acceptors (Lipinski definition) is 3. The zero-order chi connectivity index (χ0) is 6.85. The molecule has 4 heteroatoms. The van der Waals surface area contributed by atoms with Gasteiger partial charge in [-0.1, -0.05) is 0 Å². The second-order valence-corrected chi connectivity index (χ2v) is 2.98. The maximum Gasteiger partial charge on any atom is 0.234 e. The number of nitrogens with one attached hydrogen (secondary N) is 1. The van der Waals surface area contributed by atoms with Crippen molar-refractivity contribution < 1.29 is 4.79 Å². The van der Waals surface area contributed by atoms with Crippen molar-refractivity contribution in [2.75, 3.05) is 6.54 Å². The lowest BCUT2D eigenvalue weighted by Gasteiger charge is -2.01. The minimum atomic E-state index is -0.272. The van der Waals surface area contributed by atoms with E-state index in [2.05, 4.69) is 17.9 Å². The van der Waals surface area contributed by atoms with Crippen molar-refractivity contribution in [3.05, 3.63) is 0 Å². The van der Waals surface area contributed by atoms with Crippen LogP contribution in [0.5, 0.6) is 0 Å². The summed E-state index contributed by atoms with van der Waals surface area (Å²) in [5, 5.41) is 3.25. The molecule has 1 rings (SSSR count). The highest BCUT2D eigenvalue weighted by atomic mass is 32.1. The molecule has 0 aromatic heterocycles. The fourth-order valence-corrected chi connectivity index (χ4v) is 1.25. The van der Waals surface area contributed by atoms with Crippen LogP contribution in [0.4, 0.5) is 0 Å². The van der Waals surface area contributed by atoms with Gasteiger partial charge in [-0.05, 0) is 6.42 Å². The Bertz CT molecular complexity index is 128. The van der Waals surface area contributed by atoms with Crippen LogP contribution in [0.1, 0.15) is 6.42 Å². The van der Waals surface area contributed by atoms with Crippen molar-refractivity contribution in [2.45, 2.75) is 17.7 Å². The maximum absolute atomic E-state index is 10.5. The number of amides is 1. The Morgan fingerprint density at radius 1 is 1.78 bits per heavy atom. The predicted octanol–water partition coefficient (Wildman–Crippen LogP) is -0.868. The van der Waals surface area contributed by atoms with Crippen LogP contribution in [0.2, 0.25) is 0 Å². The first kappa shape index (κ1) is 6.89. The molecule has 1 aliphatic rings. The molecule has 3 nitrogen and oxygen atoms in total. The third-order valence-electron chi connectivity index (χ3n) is 1.45. The van der Waals surface area contributed by atoms with Crippen LogP contribution in [0, 0.1) is 0 Å². The summed E-state index contributed by atoms with van der Waals surface area (Å²) in [6.07, 6.45) is 0.762. The molecule has 2 atom stereocenters. The van der Waals surface area contributed by atoms with E-state index in [-0.39, 0.29) is 11.9 Å². The summed E-state index contributed by atoms with van der Waals surface area (Å²) in [5.74, 6) is -0.272. The fourth-order valence-electron chi connectivity index (χ4n) is 0.934. The van der Waals surface area contributed by atoms with Gasteiger partial charge in [-0.25, -0.2) is 0 Å². The molecule has 1 fully saturated rings. The Hall–Kier alpha value is -0.220. The van der Waals surface area contributed by atoms with Crippen molar-refractivity contribution in [3.8, 4) is 0 Å². The average Bonchev–Trinajstić information content (AvgIpc) is 2.14. The molecule has 0 radical (unpaired) electrons. The van der Waals surface area contributed by atoms with E-state index in [1.807, 2.05) is 0 Å². The highest BCUT2D eigenvalue weighted by Gasteiger charge is 2.24. The molecule has 0 aliphatic carbocycles. The van der Waals surface area contributed by atoms with E-state index in [9.17, 15) is 4.79 Å². The van der Waals surface area contributed by atoms with Crippen LogP contribution in [0.25, 0.3) is 0 Å². The molecule has 3 N–H and O–H groups in total. The van der Waals surface area contributed by atoms with Crippen LogP contribution < -0.4 is 11.1 Å². The molecule has 52 valence electrons. The quantitative estimate of drug-likeness (QED) is 0.421. The topological polar surface area (TPSA) is 55.1 Å². The van der Waals surface area contributed by atoms with E-state index in [0.717, 1.165) is 13.0 Å². The minimum Gasteiger partial charge on any atom is -0.368 e. The first-order valence-corrected chi connectivity index (χ1v) is 3.42. The SMILES string of the molecule is NC(=O)C1CC(S)CN1. The largest absolute Gasteiger partial charge is 0.368 e. The van der Waals surface area contributed by atoms with Gasteiger partial charge in [0.2, 0.25) is 5.91 Å². The molecule has 0 aromatic carbocycles. The van der Waals surface area contributed by atoms with E-state index < -0.39 is 0 Å². The molecule has 1 aliphatic heterocycles. The molecule has 0 bridgehead atoms. The maximum atomic E-state index is 10.5. The number of primary amides is 1. The summed E-state index contributed by atoms with van der Waals surface area (Å²) in [7, 11) is 0. The lowest BCUT2D eigenvalue weighted by atomic mass is 10.2. The van der Waals surface area contributed by atoms with Gasteiger partial charge in [0, 0.05) is 11.8 Å². The molecule has 1 heterocycles. The van der Waals surface area contributed by atoms with Crippen molar-refractivity contribution in [3.63, 3.8) is 0 Å². The predicted molar refractivity (Wildman–Crippen MR) is 38.4 cm³/mol. The van der Waals surface area contributed by atoms with Gasteiger partial charge in [-0.15, -0.1) is 0 Å². The number of hydrogen-bond donors (Lipinski definition) is 3. The van der Waals surface area contributed by atoms with Gasteiger partial charge in [-0.2, -0.15) is 12.6 Å². The number of carbonyl (C=O) groups is 1. The van der Waals surface area contributed by atoms with E-state index in [0.29, 0.717) is 5.25 Å². The number of rotatable bonds is 1. The normalized spacial score (nSPS) is 34.8. The molecule has 0 aromatic rings. The first-order chi connectivity index (χ1) is 4.20. The van der Waals surface area contributed by atoms with Crippen LogP contribution in [0.3, 0.4) is 0 Å². The number of thiol groups is 1. The molecular weight excluding hydrogens is 136 g/mol. The summed E-state index contributed by atoms with van der Waals surface area (Å²) >= 11 is 4.18. The second-order valence-electron chi connectivity index (χ2n) is 2.25. The van der Waals surface area contributed by atoms with Gasteiger partial charge in [0.1, 0.15) is 0 Å². The number of carbonyl (C=O) groups excluding carboxylic acids is 1. The van der Waals surface area contributed by atoms with E-state index in [1.54, 1.807) is 0 Å². The Morgan fingerprint density at radius 3 is 2.67 bits per heavy atom. The van der Waals surface area contributed by atoms with Gasteiger partial charge in [0.05, 0.1) is 6.04 Å². The van der Waals surface area contributed by atoms with Crippen molar-refractivity contribution in [1.29, 1.82) is 0 Å². The zero-order valence-electron chi connectivity index (χ0n) is 5.00. The van der Waals surface area contributed by atoms with Crippen molar-refractivity contribution in [1.82, 2.24) is 5.32 Å². The molecule has 9 heavy (non-hydrogen) atoms. The van der Waals surface area contributed by atoms with Crippen LogP contribution in [-0.2, 0) is 4.79 Å². The van der Waals surface area contributed by atoms with Crippen LogP contribution in [0.15, 0.2) is 0 Å². The summed E-state index contributed by atoms with van der Waals surface area (Å²) in [5.41, 5.74) is 5.02. The third kappa shape index (κ3) is 1.59. The summed E-state index contributed by atoms with van der Waals surface area (Å²) < 4.78 is 0. The summed E-state index contributed by atoms with van der Waals surface area (Å²) in [6, 6.07) is -0.146. The number of nitrogens with two attached hydrogens (primary N) is 1. The van der Waals surface area contributed by atoms with E-state index in [4.69, 9.17) is 5.73 Å². The van der Waals surface area contributed by atoms with Gasteiger partial charge in [0.25, 0.3) is 0 Å². The molecular formula is C5H10N2OS. The Balaban J connectivity index is 2.39. The lowest BCUT2D eigenvalue weighted by Crippen LogP contribution is -2.36. The van der Waals surface area contributed by atoms with E-state index in [1.165, 1.54) is 0 Å². The highest BCUT2D eigenvalue weighted by molar-refractivity contribution is 7.81. The first-order valence-electron chi connectivity index (χ1n) is 2.91. The zero-order valence-corrected chi connectivity index (χ0v) is 5.90. The molecule has 0 spiro atoms. The second kappa shape index (κ2) is 2.58. The Labute approximate surface area is 59.4 Å². The fraction of sp³-hybridized carbons (Fsp3) is 0.800. The summed E-state index contributed by atoms with van der Waals surface area (Å²) in [4.78, 5) is 10.5. The monoisotopic (exact) mass is 146 g/mol. The Kier molecular flexibility index (Phi) is 1.97. The lowest BCUT2D eigenvalue weighted by molar-refractivity contribution is -0.119.